The number of anilines is 1. The largest absolute Gasteiger partial charge is 0.360 e. The summed E-state index contributed by atoms with van der Waals surface area (Å²) in [7, 11) is 0. The van der Waals surface area contributed by atoms with E-state index in [1.165, 1.54) is 11.8 Å². The lowest BCUT2D eigenvalue weighted by atomic mass is 10.2. The molecule has 0 aliphatic heterocycles. The summed E-state index contributed by atoms with van der Waals surface area (Å²) < 4.78 is 4.89. The number of amides is 1. The molecule has 0 aliphatic carbocycles. The van der Waals surface area contributed by atoms with Crippen molar-refractivity contribution < 1.29 is 9.32 Å². The number of rotatable bonds is 5. The molecule has 0 spiro atoms. The summed E-state index contributed by atoms with van der Waals surface area (Å²) in [6.45, 7) is 7.61. The Morgan fingerprint density at radius 1 is 1.45 bits per heavy atom. The molecule has 0 aliphatic rings. The smallest absolute Gasteiger partial charge is 0.238 e. The predicted molar refractivity (Wildman–Crippen MR) is 75.7 cm³/mol. The van der Waals surface area contributed by atoms with Crippen molar-refractivity contribution >= 4 is 23.5 Å². The fourth-order valence-electron chi connectivity index (χ4n) is 1.43. The van der Waals surface area contributed by atoms with Gasteiger partial charge < -0.3 is 9.84 Å². The molecule has 1 amide bonds. The van der Waals surface area contributed by atoms with E-state index in [0.29, 0.717) is 16.7 Å². The van der Waals surface area contributed by atoms with E-state index in [0.717, 1.165) is 5.82 Å². The molecule has 2 heterocycles. The Hall–Kier alpha value is -1.83. The molecule has 0 saturated carbocycles. The zero-order chi connectivity index (χ0) is 14.7. The summed E-state index contributed by atoms with van der Waals surface area (Å²) in [5.74, 6) is 1.99. The maximum atomic E-state index is 12.0. The van der Waals surface area contributed by atoms with E-state index in [9.17, 15) is 4.79 Å². The molecule has 0 unspecified atom stereocenters. The van der Waals surface area contributed by atoms with Crippen molar-refractivity contribution in [3.05, 3.63) is 17.7 Å². The Balaban J connectivity index is 1.93. The molecule has 2 aromatic heterocycles. The van der Waals surface area contributed by atoms with Gasteiger partial charge in [-0.3, -0.25) is 9.89 Å². The van der Waals surface area contributed by atoms with Gasteiger partial charge in [0.1, 0.15) is 11.6 Å². The second-order valence-corrected chi connectivity index (χ2v) is 6.04. The number of hydrogen-bond acceptors (Lipinski definition) is 6. The van der Waals surface area contributed by atoms with Gasteiger partial charge in [0.2, 0.25) is 11.1 Å². The van der Waals surface area contributed by atoms with E-state index >= 15 is 0 Å². The van der Waals surface area contributed by atoms with Crippen LogP contribution in [0.4, 0.5) is 5.82 Å². The first-order chi connectivity index (χ1) is 9.45. The highest BCUT2D eigenvalue weighted by Gasteiger charge is 2.18. The Kier molecular flexibility index (Phi) is 4.43. The summed E-state index contributed by atoms with van der Waals surface area (Å²) in [6.07, 6.45) is 0. The molecular formula is C12H17N5O2S. The highest BCUT2D eigenvalue weighted by atomic mass is 32.2. The number of carbonyl (C=O) groups is 1. The average Bonchev–Trinajstić information content (AvgIpc) is 2.98. The SMILES string of the molecule is Cc1cc(NC(=O)[C@@H](C)Sc2n[nH]c(C(C)C)n2)no1. The standard InChI is InChI=1S/C12H17N5O2S/c1-6(2)10-14-12(16-15-10)20-8(4)11(18)13-9-5-7(3)19-17-9/h5-6,8H,1-4H3,(H,13,17,18)(H,14,15,16)/t8-/m1/s1. The van der Waals surface area contributed by atoms with Crippen LogP contribution in [0.5, 0.6) is 0 Å². The van der Waals surface area contributed by atoms with Crippen molar-refractivity contribution in [3.63, 3.8) is 0 Å². The third-order valence-electron chi connectivity index (χ3n) is 2.56. The quantitative estimate of drug-likeness (QED) is 0.822. The number of aromatic amines is 1. The molecule has 0 fully saturated rings. The number of hydrogen-bond donors (Lipinski definition) is 2. The van der Waals surface area contributed by atoms with Crippen LogP contribution in [0.3, 0.4) is 0 Å². The zero-order valence-electron chi connectivity index (χ0n) is 11.8. The van der Waals surface area contributed by atoms with E-state index < -0.39 is 0 Å². The number of nitrogens with zero attached hydrogens (tertiary/aromatic N) is 3. The molecule has 7 nitrogen and oxygen atoms in total. The van der Waals surface area contributed by atoms with Crippen LogP contribution >= 0.6 is 11.8 Å². The van der Waals surface area contributed by atoms with Gasteiger partial charge in [-0.1, -0.05) is 30.8 Å². The first-order valence-electron chi connectivity index (χ1n) is 6.29. The van der Waals surface area contributed by atoms with Gasteiger partial charge in [-0.15, -0.1) is 5.10 Å². The first-order valence-corrected chi connectivity index (χ1v) is 7.17. The van der Waals surface area contributed by atoms with E-state index in [4.69, 9.17) is 4.52 Å². The van der Waals surface area contributed by atoms with Gasteiger partial charge in [-0.05, 0) is 13.8 Å². The van der Waals surface area contributed by atoms with E-state index in [-0.39, 0.29) is 17.1 Å². The first kappa shape index (κ1) is 14.6. The number of nitrogens with one attached hydrogen (secondary N) is 2. The van der Waals surface area contributed by atoms with Crippen molar-refractivity contribution in [2.24, 2.45) is 0 Å². The predicted octanol–water partition coefficient (Wildman–Crippen LogP) is 2.34. The van der Waals surface area contributed by atoms with Gasteiger partial charge in [0.05, 0.1) is 5.25 Å². The van der Waals surface area contributed by atoms with E-state index in [1.54, 1.807) is 19.9 Å². The highest BCUT2D eigenvalue weighted by molar-refractivity contribution is 8.00. The van der Waals surface area contributed by atoms with E-state index in [1.807, 2.05) is 13.8 Å². The second-order valence-electron chi connectivity index (χ2n) is 4.73. The fraction of sp³-hybridized carbons (Fsp3) is 0.500. The zero-order valence-corrected chi connectivity index (χ0v) is 12.6. The van der Waals surface area contributed by atoms with Gasteiger partial charge in [0.25, 0.3) is 0 Å². The monoisotopic (exact) mass is 295 g/mol. The van der Waals surface area contributed by atoms with Crippen LogP contribution in [0.1, 0.15) is 38.3 Å². The lowest BCUT2D eigenvalue weighted by molar-refractivity contribution is -0.115. The van der Waals surface area contributed by atoms with Gasteiger partial charge in [-0.2, -0.15) is 0 Å². The van der Waals surface area contributed by atoms with Crippen LogP contribution < -0.4 is 5.32 Å². The second kappa shape index (κ2) is 6.08. The summed E-state index contributed by atoms with van der Waals surface area (Å²) >= 11 is 1.29. The fourth-order valence-corrected chi connectivity index (χ4v) is 2.17. The normalized spacial score (nSPS) is 12.7. The summed E-state index contributed by atoms with van der Waals surface area (Å²) in [4.78, 5) is 16.3. The summed E-state index contributed by atoms with van der Waals surface area (Å²) in [5.41, 5.74) is 0. The minimum absolute atomic E-state index is 0.167. The molecule has 2 rings (SSSR count). The lowest BCUT2D eigenvalue weighted by Gasteiger charge is -2.07. The van der Waals surface area contributed by atoms with Gasteiger partial charge in [0.15, 0.2) is 5.82 Å². The highest BCUT2D eigenvalue weighted by Crippen LogP contribution is 2.22. The Bertz CT molecular complexity index is 592. The van der Waals surface area contributed by atoms with Crippen molar-refractivity contribution in [1.29, 1.82) is 0 Å². The van der Waals surface area contributed by atoms with Crippen molar-refractivity contribution in [2.75, 3.05) is 5.32 Å². The number of H-pyrrole nitrogens is 1. The van der Waals surface area contributed by atoms with Crippen LogP contribution in [0.15, 0.2) is 15.7 Å². The number of thioether (sulfide) groups is 1. The topological polar surface area (TPSA) is 96.7 Å². The molecule has 2 aromatic rings. The van der Waals surface area contributed by atoms with Gasteiger partial charge in [0, 0.05) is 12.0 Å². The minimum Gasteiger partial charge on any atom is -0.360 e. The van der Waals surface area contributed by atoms with Crippen LogP contribution in [0, 0.1) is 6.92 Å². The molecule has 0 aromatic carbocycles. The molecule has 20 heavy (non-hydrogen) atoms. The molecule has 2 N–H and O–H groups in total. The minimum atomic E-state index is -0.331. The number of carbonyl (C=O) groups excluding carboxylic acids is 1. The summed E-state index contributed by atoms with van der Waals surface area (Å²) in [6, 6.07) is 1.67. The molecule has 0 saturated heterocycles. The Labute approximate surface area is 120 Å². The molecular weight excluding hydrogens is 278 g/mol. The van der Waals surface area contributed by atoms with Crippen LogP contribution in [0.2, 0.25) is 0 Å². The van der Waals surface area contributed by atoms with Gasteiger partial charge >= 0.3 is 0 Å². The average molecular weight is 295 g/mol. The number of aromatic nitrogens is 4. The lowest BCUT2D eigenvalue weighted by Crippen LogP contribution is -2.22. The van der Waals surface area contributed by atoms with Crippen LogP contribution in [0.25, 0.3) is 0 Å². The maximum Gasteiger partial charge on any atom is 0.238 e. The van der Waals surface area contributed by atoms with Crippen molar-refractivity contribution in [3.8, 4) is 0 Å². The molecule has 8 heteroatoms. The Morgan fingerprint density at radius 3 is 2.75 bits per heavy atom. The molecule has 108 valence electrons. The molecule has 1 atom stereocenters. The van der Waals surface area contributed by atoms with E-state index in [2.05, 4.69) is 25.7 Å². The number of aryl methyl sites for hydroxylation is 1. The van der Waals surface area contributed by atoms with Crippen LogP contribution in [-0.4, -0.2) is 31.5 Å². The Morgan fingerprint density at radius 2 is 2.20 bits per heavy atom. The van der Waals surface area contributed by atoms with Gasteiger partial charge in [-0.25, -0.2) is 4.98 Å². The van der Waals surface area contributed by atoms with Crippen LogP contribution in [-0.2, 0) is 4.79 Å². The van der Waals surface area contributed by atoms with Crippen molar-refractivity contribution in [2.45, 2.75) is 44.0 Å². The third-order valence-corrected chi connectivity index (χ3v) is 3.52. The molecule has 0 radical (unpaired) electrons. The summed E-state index contributed by atoms with van der Waals surface area (Å²) in [5, 5.41) is 13.6. The maximum absolute atomic E-state index is 12.0. The molecule has 0 bridgehead atoms. The third kappa shape index (κ3) is 3.60. The van der Waals surface area contributed by atoms with Crippen molar-refractivity contribution in [1.82, 2.24) is 20.3 Å².